The highest BCUT2D eigenvalue weighted by Crippen LogP contribution is 2.26. The van der Waals surface area contributed by atoms with Gasteiger partial charge in [0.2, 0.25) is 0 Å². The Morgan fingerprint density at radius 2 is 2.05 bits per heavy atom. The summed E-state index contributed by atoms with van der Waals surface area (Å²) in [5.41, 5.74) is 2.41. The normalized spacial score (nSPS) is 10.6. The molecule has 2 aromatic rings. The molecule has 0 spiro atoms. The molecule has 0 saturated carbocycles. The van der Waals surface area contributed by atoms with Crippen LogP contribution in [-0.4, -0.2) is 11.0 Å². The van der Waals surface area contributed by atoms with E-state index in [1.54, 1.807) is 5.38 Å². The van der Waals surface area contributed by atoms with Crippen LogP contribution in [0.1, 0.15) is 21.8 Å². The zero-order valence-electron chi connectivity index (χ0n) is 11.1. The molecule has 0 aliphatic rings. The van der Waals surface area contributed by atoms with E-state index in [0.717, 1.165) is 26.9 Å². The molecule has 1 aromatic carbocycles. The van der Waals surface area contributed by atoms with E-state index >= 15 is 0 Å². The molecule has 0 atom stereocenters. The number of ether oxygens (including phenoxy) is 1. The number of aliphatic carboxylic acids is 1. The molecule has 20 heavy (non-hydrogen) atoms. The second-order valence-corrected chi connectivity index (χ2v) is 5.76. The summed E-state index contributed by atoms with van der Waals surface area (Å²) >= 11 is 7.46. The van der Waals surface area contributed by atoms with Gasteiger partial charge in [-0.2, -0.15) is 0 Å². The van der Waals surface area contributed by atoms with Crippen molar-refractivity contribution in [3.05, 3.63) is 44.4 Å². The molecule has 106 valence electrons. The lowest BCUT2D eigenvalue weighted by atomic mass is 10.1. The third kappa shape index (κ3) is 3.71. The van der Waals surface area contributed by atoms with Crippen molar-refractivity contribution in [3.63, 3.8) is 0 Å². The van der Waals surface area contributed by atoms with Crippen molar-refractivity contribution in [2.45, 2.75) is 26.9 Å². The van der Waals surface area contributed by atoms with Crippen LogP contribution in [0, 0.1) is 13.8 Å². The predicted octanol–water partition coefficient (Wildman–Crippen LogP) is 2.28. The number of carboxylic acid groups (broad SMARTS) is 1. The van der Waals surface area contributed by atoms with Crippen LogP contribution in [0.4, 0.5) is 0 Å². The summed E-state index contributed by atoms with van der Waals surface area (Å²) in [5, 5.41) is 13.6. The van der Waals surface area contributed by atoms with Crippen LogP contribution in [0.2, 0.25) is 5.02 Å². The maximum Gasteiger partial charge on any atom is 0.140 e. The number of benzene rings is 1. The van der Waals surface area contributed by atoms with Crippen molar-refractivity contribution in [1.82, 2.24) is 4.98 Å². The highest BCUT2D eigenvalue weighted by molar-refractivity contribution is 7.09. The van der Waals surface area contributed by atoms with Crippen LogP contribution in [-0.2, 0) is 17.8 Å². The largest absolute Gasteiger partial charge is 0.550 e. The Bertz CT molecular complexity index is 616. The Kier molecular flexibility index (Phi) is 4.62. The van der Waals surface area contributed by atoms with Crippen LogP contribution in [0.3, 0.4) is 0 Å². The molecular weight excluding hydrogens is 298 g/mol. The summed E-state index contributed by atoms with van der Waals surface area (Å²) < 4.78 is 5.65. The number of aryl methyl sites for hydroxylation is 2. The molecule has 0 N–H and O–H groups in total. The minimum Gasteiger partial charge on any atom is -0.550 e. The number of aromatic nitrogens is 1. The van der Waals surface area contributed by atoms with Gasteiger partial charge < -0.3 is 14.6 Å². The van der Waals surface area contributed by atoms with Crippen molar-refractivity contribution in [1.29, 1.82) is 0 Å². The van der Waals surface area contributed by atoms with Gasteiger partial charge in [0.25, 0.3) is 0 Å². The standard InChI is InChI=1S/C14H14ClNO3S/c1-8-3-11(4-9(2)14(8)15)19-6-12-16-10(7-20-12)5-13(17)18/h3-4,7H,5-6H2,1-2H3,(H,17,18)/p-1. The van der Waals surface area contributed by atoms with E-state index in [4.69, 9.17) is 16.3 Å². The topological polar surface area (TPSA) is 62.2 Å². The molecule has 0 saturated heterocycles. The number of carboxylic acids is 1. The van der Waals surface area contributed by atoms with Gasteiger partial charge in [-0.1, -0.05) is 11.6 Å². The zero-order valence-corrected chi connectivity index (χ0v) is 12.7. The molecule has 0 bridgehead atoms. The average molecular weight is 311 g/mol. The lowest BCUT2D eigenvalue weighted by molar-refractivity contribution is -0.304. The van der Waals surface area contributed by atoms with Gasteiger partial charge in [-0.05, 0) is 37.1 Å². The summed E-state index contributed by atoms with van der Waals surface area (Å²) in [6, 6.07) is 3.73. The van der Waals surface area contributed by atoms with Crippen LogP contribution in [0.15, 0.2) is 17.5 Å². The summed E-state index contributed by atoms with van der Waals surface area (Å²) in [6.45, 7) is 4.14. The second kappa shape index (κ2) is 6.24. The third-order valence-corrected chi connectivity index (χ3v) is 4.16. The third-order valence-electron chi connectivity index (χ3n) is 2.70. The minimum atomic E-state index is -1.13. The highest BCUT2D eigenvalue weighted by atomic mass is 35.5. The first kappa shape index (κ1) is 14.8. The van der Waals surface area contributed by atoms with Gasteiger partial charge in [0.05, 0.1) is 5.69 Å². The van der Waals surface area contributed by atoms with Crippen LogP contribution < -0.4 is 9.84 Å². The van der Waals surface area contributed by atoms with E-state index in [1.807, 2.05) is 26.0 Å². The summed E-state index contributed by atoms with van der Waals surface area (Å²) in [6.07, 6.45) is -0.171. The Balaban J connectivity index is 2.02. The van der Waals surface area contributed by atoms with E-state index < -0.39 is 5.97 Å². The number of rotatable bonds is 5. The molecule has 1 aromatic heterocycles. The summed E-state index contributed by atoms with van der Waals surface area (Å²) in [7, 11) is 0. The fourth-order valence-electron chi connectivity index (χ4n) is 1.78. The fourth-order valence-corrected chi connectivity index (χ4v) is 2.59. The number of hydrogen-bond acceptors (Lipinski definition) is 5. The Morgan fingerprint density at radius 1 is 1.40 bits per heavy atom. The van der Waals surface area contributed by atoms with E-state index in [1.165, 1.54) is 11.3 Å². The minimum absolute atomic E-state index is 0.171. The van der Waals surface area contributed by atoms with Crippen LogP contribution >= 0.6 is 22.9 Å². The molecule has 0 fully saturated rings. The first-order valence-corrected chi connectivity index (χ1v) is 7.24. The molecule has 1 heterocycles. The fraction of sp³-hybridized carbons (Fsp3) is 0.286. The van der Waals surface area contributed by atoms with Crippen molar-refractivity contribution in [2.75, 3.05) is 0 Å². The maximum absolute atomic E-state index is 10.5. The summed E-state index contributed by atoms with van der Waals surface area (Å²) in [5.74, 6) is -0.409. The van der Waals surface area contributed by atoms with Gasteiger partial charge in [0.1, 0.15) is 17.4 Å². The molecule has 0 unspecified atom stereocenters. The van der Waals surface area contributed by atoms with E-state index in [2.05, 4.69) is 4.98 Å². The van der Waals surface area contributed by atoms with Crippen LogP contribution in [0.5, 0.6) is 5.75 Å². The number of halogens is 1. The van der Waals surface area contributed by atoms with E-state index in [-0.39, 0.29) is 6.42 Å². The quantitative estimate of drug-likeness (QED) is 0.850. The number of carbonyl (C=O) groups is 1. The van der Waals surface area contributed by atoms with Gasteiger partial charge in [-0.25, -0.2) is 4.98 Å². The number of hydrogen-bond donors (Lipinski definition) is 0. The van der Waals surface area contributed by atoms with Gasteiger partial charge in [-0.15, -0.1) is 11.3 Å². The molecule has 0 aliphatic carbocycles. The number of carbonyl (C=O) groups excluding carboxylic acids is 1. The number of thiazole rings is 1. The molecule has 0 radical (unpaired) electrons. The first-order chi connectivity index (χ1) is 9.45. The Hall–Kier alpha value is -1.59. The Labute approximate surface area is 126 Å². The maximum atomic E-state index is 10.5. The van der Waals surface area contributed by atoms with Crippen molar-refractivity contribution < 1.29 is 14.6 Å². The number of nitrogens with zero attached hydrogens (tertiary/aromatic N) is 1. The van der Waals surface area contributed by atoms with Gasteiger partial charge in [0, 0.05) is 22.8 Å². The lowest BCUT2D eigenvalue weighted by Gasteiger charge is -2.08. The molecule has 0 amide bonds. The summed E-state index contributed by atoms with van der Waals surface area (Å²) in [4.78, 5) is 14.6. The molecule has 4 nitrogen and oxygen atoms in total. The van der Waals surface area contributed by atoms with Gasteiger partial charge in [-0.3, -0.25) is 0 Å². The van der Waals surface area contributed by atoms with Crippen molar-refractivity contribution in [2.24, 2.45) is 0 Å². The van der Waals surface area contributed by atoms with Crippen LogP contribution in [0.25, 0.3) is 0 Å². The molecule has 6 heteroatoms. The Morgan fingerprint density at radius 3 is 2.65 bits per heavy atom. The lowest BCUT2D eigenvalue weighted by Crippen LogP contribution is -2.24. The monoisotopic (exact) mass is 310 g/mol. The molecular formula is C14H13ClNO3S-. The smallest absolute Gasteiger partial charge is 0.140 e. The SMILES string of the molecule is Cc1cc(OCc2nc(CC(=O)[O-])cs2)cc(C)c1Cl. The van der Waals surface area contributed by atoms with Gasteiger partial charge >= 0.3 is 0 Å². The van der Waals surface area contributed by atoms with E-state index in [0.29, 0.717) is 12.3 Å². The van der Waals surface area contributed by atoms with E-state index in [9.17, 15) is 9.90 Å². The highest BCUT2D eigenvalue weighted by Gasteiger charge is 2.06. The van der Waals surface area contributed by atoms with Crippen molar-refractivity contribution >= 4 is 28.9 Å². The molecule has 0 aliphatic heterocycles. The second-order valence-electron chi connectivity index (χ2n) is 4.44. The average Bonchev–Trinajstić information content (AvgIpc) is 2.80. The van der Waals surface area contributed by atoms with Gasteiger partial charge in [0.15, 0.2) is 0 Å². The van der Waals surface area contributed by atoms with Crippen molar-refractivity contribution in [3.8, 4) is 5.75 Å². The first-order valence-electron chi connectivity index (χ1n) is 5.98. The zero-order chi connectivity index (χ0) is 14.7. The molecule has 2 rings (SSSR count). The predicted molar refractivity (Wildman–Crippen MR) is 76.1 cm³/mol.